The monoisotopic (exact) mass is 1030 g/mol. The molecule has 6 heterocycles. The van der Waals surface area contributed by atoms with Crippen LogP contribution >= 0.6 is 0 Å². The molecule has 14 atom stereocenters. The number of aldehydes is 1. The second-order valence-electron chi connectivity index (χ2n) is 24.8. The average Bonchev–Trinajstić information content (AvgIpc) is 4.09. The van der Waals surface area contributed by atoms with E-state index in [9.17, 15) is 50.4 Å². The number of nitrogens with one attached hydrogen (secondary N) is 2. The van der Waals surface area contributed by atoms with E-state index in [-0.39, 0.29) is 48.6 Å². The van der Waals surface area contributed by atoms with Gasteiger partial charge in [-0.3, -0.25) is 9.69 Å². The van der Waals surface area contributed by atoms with Crippen molar-refractivity contribution in [2.45, 2.75) is 205 Å². The third-order valence-corrected chi connectivity index (χ3v) is 21.9. The number of ketones is 1. The number of ether oxygens (including phenoxy) is 3. The number of aliphatic hydroxyl groups is 5. The molecule has 14 aliphatic rings. The van der Waals surface area contributed by atoms with Gasteiger partial charge in [0.2, 0.25) is 0 Å². The Hall–Kier alpha value is -4.52. The summed E-state index contributed by atoms with van der Waals surface area (Å²) in [7, 11) is 0. The first kappa shape index (κ1) is 50.0. The van der Waals surface area contributed by atoms with Crippen molar-refractivity contribution >= 4 is 12.1 Å². The molecule has 6 aliphatic heterocycles. The molecule has 6 bridgehead atoms. The van der Waals surface area contributed by atoms with E-state index >= 15 is 0 Å². The van der Waals surface area contributed by atoms with Crippen LogP contribution in [-0.2, 0) is 45.1 Å². The van der Waals surface area contributed by atoms with Crippen molar-refractivity contribution in [2.75, 3.05) is 26.2 Å². The summed E-state index contributed by atoms with van der Waals surface area (Å²) in [6.45, 7) is 3.57. The summed E-state index contributed by atoms with van der Waals surface area (Å²) in [5.74, 6) is 3.00. The number of hydrogen-bond donors (Lipinski definition) is 10. The van der Waals surface area contributed by atoms with Crippen LogP contribution in [0.4, 0.5) is 0 Å². The van der Waals surface area contributed by atoms with Crippen molar-refractivity contribution < 1.29 is 64.7 Å². The number of nitrogens with zero attached hydrogens (tertiary/aromatic N) is 1. The highest BCUT2D eigenvalue weighted by molar-refractivity contribution is 5.90. The first-order valence-corrected chi connectivity index (χ1v) is 27.9. The first-order valence-electron chi connectivity index (χ1n) is 27.9. The van der Waals surface area contributed by atoms with Crippen molar-refractivity contribution in [1.82, 2.24) is 15.5 Å². The Morgan fingerprint density at radius 2 is 1.09 bits per heavy atom. The number of phenols is 3. The predicted octanol–water partition coefficient (Wildman–Crippen LogP) is 3.93. The lowest BCUT2D eigenvalue weighted by Crippen LogP contribution is -2.77. The molecular weight excluding hydrogens is 959 g/mol. The number of carbonyl (C=O) groups excluding carboxylic acids is 2. The minimum atomic E-state index is -0.962. The van der Waals surface area contributed by atoms with Gasteiger partial charge in [0.25, 0.3) is 0 Å². The number of aromatic hydroxyl groups is 3. The summed E-state index contributed by atoms with van der Waals surface area (Å²) in [6, 6.07) is 10.9. The molecule has 0 amide bonds. The van der Waals surface area contributed by atoms with Crippen LogP contribution in [0.1, 0.15) is 137 Å². The first-order chi connectivity index (χ1) is 35.6. The van der Waals surface area contributed by atoms with Gasteiger partial charge >= 0.3 is 0 Å². The van der Waals surface area contributed by atoms with Gasteiger partial charge in [-0.1, -0.05) is 38.5 Å². The van der Waals surface area contributed by atoms with Gasteiger partial charge in [-0.2, -0.15) is 0 Å². The summed E-state index contributed by atoms with van der Waals surface area (Å²) < 4.78 is 18.1. The number of aliphatic hydroxyl groups excluding tert-OH is 2. The Morgan fingerprint density at radius 3 is 1.61 bits per heavy atom. The lowest BCUT2D eigenvalue weighted by molar-refractivity contribution is -0.209. The second kappa shape index (κ2) is 17.2. The highest BCUT2D eigenvalue weighted by Gasteiger charge is 2.75. The van der Waals surface area contributed by atoms with E-state index in [0.717, 1.165) is 105 Å². The zero-order valence-electron chi connectivity index (χ0n) is 41.9. The van der Waals surface area contributed by atoms with E-state index in [1.54, 1.807) is 18.2 Å². The van der Waals surface area contributed by atoms with E-state index in [1.807, 2.05) is 18.2 Å². The lowest BCUT2D eigenvalue weighted by atomic mass is 9.48. The number of hydrogen-bond acceptors (Lipinski definition) is 16. The van der Waals surface area contributed by atoms with Crippen LogP contribution in [0.5, 0.6) is 34.5 Å². The van der Waals surface area contributed by atoms with Gasteiger partial charge in [0.15, 0.2) is 46.4 Å². The molecule has 3 saturated heterocycles. The van der Waals surface area contributed by atoms with Gasteiger partial charge in [-0.15, -0.1) is 0 Å². The van der Waals surface area contributed by atoms with Gasteiger partial charge in [0.05, 0.1) is 45.3 Å². The Morgan fingerprint density at radius 1 is 0.600 bits per heavy atom. The zero-order chi connectivity index (χ0) is 50.9. The fraction of sp³-hybridized carbons (Fsp3) is 0.661. The van der Waals surface area contributed by atoms with Crippen LogP contribution in [0.2, 0.25) is 0 Å². The number of Topliss-reactive ketones (excluding diaryl/α,β-unsaturated/α-hetero) is 1. The molecule has 10 N–H and O–H groups in total. The van der Waals surface area contributed by atoms with Gasteiger partial charge in [0, 0.05) is 53.7 Å². The molecule has 3 spiro atoms. The normalized spacial score (nSPS) is 41.6. The number of rotatable bonds is 3. The average molecular weight is 1030 g/mol. The number of benzene rings is 3. The third-order valence-electron chi connectivity index (χ3n) is 21.9. The van der Waals surface area contributed by atoms with E-state index in [2.05, 4.69) is 15.5 Å². The zero-order valence-corrected chi connectivity index (χ0v) is 41.9. The summed E-state index contributed by atoms with van der Waals surface area (Å²) in [5.41, 5.74) is 1.64. The topological polar surface area (TPSA) is 251 Å². The van der Waals surface area contributed by atoms with Gasteiger partial charge in [-0.25, -0.2) is 0 Å². The van der Waals surface area contributed by atoms with Gasteiger partial charge in [-0.05, 0) is 157 Å². The quantitative estimate of drug-likeness (QED) is 0.167. The van der Waals surface area contributed by atoms with E-state index in [0.29, 0.717) is 74.5 Å². The van der Waals surface area contributed by atoms with E-state index in [4.69, 9.17) is 14.2 Å². The maximum absolute atomic E-state index is 12.4. The van der Waals surface area contributed by atoms with Crippen LogP contribution in [-0.4, -0.2) is 149 Å². The van der Waals surface area contributed by atoms with Crippen molar-refractivity contribution in [3.05, 3.63) is 69.8 Å². The largest absolute Gasteiger partial charge is 0.504 e. The maximum Gasteiger partial charge on any atom is 0.174 e. The van der Waals surface area contributed by atoms with Crippen molar-refractivity contribution in [2.24, 2.45) is 11.8 Å². The fourth-order valence-corrected chi connectivity index (χ4v) is 18.0. The molecule has 16 heteroatoms. The maximum atomic E-state index is 12.4. The number of piperidine rings is 3. The van der Waals surface area contributed by atoms with E-state index in [1.165, 1.54) is 31.2 Å². The fourth-order valence-electron chi connectivity index (χ4n) is 18.0. The molecular formula is C59H75N3O13. The number of carbonyl (C=O) groups is 2. The van der Waals surface area contributed by atoms with Crippen molar-refractivity contribution in [3.8, 4) is 34.5 Å². The summed E-state index contributed by atoms with van der Waals surface area (Å²) in [4.78, 5) is 24.7. The molecule has 0 aromatic heterocycles. The number of likely N-dealkylation sites (tertiary alicyclic amines) is 1. The minimum absolute atomic E-state index is 0. The van der Waals surface area contributed by atoms with Crippen LogP contribution in [0.3, 0.4) is 0 Å². The molecule has 16 nitrogen and oxygen atoms in total. The molecule has 5 saturated carbocycles. The molecule has 3 aromatic carbocycles. The summed E-state index contributed by atoms with van der Waals surface area (Å²) in [5, 5.41) is 93.8. The molecule has 404 valence electrons. The minimum Gasteiger partial charge on any atom is -0.504 e. The molecule has 0 unspecified atom stereocenters. The Balaban J connectivity index is 0.000000102. The SMILES string of the molecule is C.O=C1CC[C@@]2(O)[C@H]3Cc4ccc(O)c5c4[C@@]2(CCN3)[C@H]1O5.O=CC1CCC1.Oc1ccc2c3c1O[C@H]1[C@@H](O)CC[C@@]4(O)[C@@H](C2)N(CC2CCC2)CC[C@]314.Oc1ccc2c3c1O[C@H]1[C@@H](O)CC[C@@]4(O)[C@@H](C2)NCC[C@]314. The standard InChI is InChI=1S/C21H27NO4.C16H19NO4.C16H17NO4.C5H8O.CH4/c23-14-5-4-13-10-16-21(25)7-6-15(24)19-20(21,17(13)18(14)26-19)8-9-22(16)11-12-2-1-3-12;2*18-9-2-1-8-7-11-16(20)4-3-10(19)14-15(16,5-6-17-11)12(8)13(9)21-14;6-4-5-2-1-3-5;/h4-5,12,15-16,19,23-25H,1-3,6-11H2;1-2,10-11,14,17-20H,3-7H2;1-2,11,14,17-18,20H,3-7H2;4-5H,1-3H2;1H4/t15-,16+,19-,20-,21+;10-,11+,14-,15-,16+;11-,14+,15+,16-;;/m001../s1. The van der Waals surface area contributed by atoms with Crippen molar-refractivity contribution in [3.63, 3.8) is 0 Å². The molecule has 3 aromatic rings. The molecule has 8 fully saturated rings. The second-order valence-corrected chi connectivity index (χ2v) is 24.8. The van der Waals surface area contributed by atoms with Crippen LogP contribution < -0.4 is 24.8 Å². The van der Waals surface area contributed by atoms with Gasteiger partial charge < -0.3 is 70.5 Å². The molecule has 8 aliphatic carbocycles. The molecule has 0 radical (unpaired) electrons. The smallest absolute Gasteiger partial charge is 0.174 e. The van der Waals surface area contributed by atoms with Crippen LogP contribution in [0.25, 0.3) is 0 Å². The highest BCUT2D eigenvalue weighted by Crippen LogP contribution is 2.68. The molecule has 17 rings (SSSR count). The highest BCUT2D eigenvalue weighted by atomic mass is 16.5. The predicted molar refractivity (Wildman–Crippen MR) is 274 cm³/mol. The third kappa shape index (κ3) is 6.33. The Labute approximate surface area is 437 Å². The van der Waals surface area contributed by atoms with Gasteiger partial charge in [0.1, 0.15) is 18.5 Å². The van der Waals surface area contributed by atoms with Crippen molar-refractivity contribution in [1.29, 1.82) is 0 Å². The van der Waals surface area contributed by atoms with Crippen LogP contribution in [0, 0.1) is 11.8 Å². The van der Waals surface area contributed by atoms with Crippen LogP contribution in [0.15, 0.2) is 36.4 Å². The summed E-state index contributed by atoms with van der Waals surface area (Å²) in [6.07, 6.45) is 13.4. The number of phenolic OH excluding ortho intramolecular Hbond substituents is 3. The Bertz CT molecular complexity index is 2840. The Kier molecular flexibility index (Phi) is 11.5. The van der Waals surface area contributed by atoms with E-state index < -0.39 is 63.6 Å². The molecule has 75 heavy (non-hydrogen) atoms. The lowest BCUT2D eigenvalue weighted by Gasteiger charge is -2.64. The summed E-state index contributed by atoms with van der Waals surface area (Å²) >= 11 is 0.